The van der Waals surface area contributed by atoms with E-state index in [1.807, 2.05) is 5.32 Å². The average molecular weight is 814 g/mol. The van der Waals surface area contributed by atoms with E-state index < -0.39 is 56.1 Å². The molecule has 2 amide bonds. The molecule has 280 valence electrons. The maximum absolute atomic E-state index is 14.4. The van der Waals surface area contributed by atoms with Crippen molar-refractivity contribution in [2.75, 3.05) is 43.6 Å². The number of anilines is 1. The van der Waals surface area contributed by atoms with Crippen LogP contribution in [0.5, 0.6) is 11.5 Å². The van der Waals surface area contributed by atoms with E-state index in [1.54, 1.807) is 6.92 Å². The van der Waals surface area contributed by atoms with Crippen molar-refractivity contribution >= 4 is 82.7 Å². The van der Waals surface area contributed by atoms with Crippen LogP contribution >= 0.6 is 42.4 Å². The number of amides is 2. The van der Waals surface area contributed by atoms with Gasteiger partial charge in [-0.3, -0.25) is 19.7 Å². The summed E-state index contributed by atoms with van der Waals surface area (Å²) in [5, 5.41) is 19.1. The fraction of sp³-hybridized carbons (Fsp3) is 0.375. The highest BCUT2D eigenvalue weighted by molar-refractivity contribution is 7.94. The van der Waals surface area contributed by atoms with Gasteiger partial charge in [-0.05, 0) is 61.7 Å². The van der Waals surface area contributed by atoms with Gasteiger partial charge in [0.2, 0.25) is 0 Å². The molecule has 19 heteroatoms. The molecule has 0 spiro atoms. The maximum atomic E-state index is 14.4. The smallest absolute Gasteiger partial charge is 0.341 e. The largest absolute Gasteiger partial charge is 0.778 e. The van der Waals surface area contributed by atoms with Crippen LogP contribution in [0.4, 0.5) is 10.1 Å². The standard InChI is InChI=1S/C18H15ClFNO3.C8H6Cl2O3.C3H8NO5P.C3H9S/c1-3-10(2)24-16-9-15(14(20)8-13(16)19)21-17(22)11-6-4-5-7-12(11)18(21)23;1-13-7-5(10)3-2-4(9)6(7)8(11)12;5-3(6)1-4-2-10(7,8)9;1-4(2)3/h1,8-10H,4-7H2,2H3;2-3H,1H3,(H,11,12);4H,1-2H2,(H,5,6)(H2,7,8,9);1-3H3/q;;;+1/p-1. The van der Waals surface area contributed by atoms with E-state index in [9.17, 15) is 33.0 Å². The number of carbonyl (C=O) groups excluding carboxylic acids is 2. The Kier molecular flexibility index (Phi) is 19.1. The number of carboxylic acids is 2. The van der Waals surface area contributed by atoms with E-state index in [0.29, 0.717) is 34.9 Å². The Morgan fingerprint density at radius 2 is 1.59 bits per heavy atom. The lowest BCUT2D eigenvalue weighted by atomic mass is 9.93. The van der Waals surface area contributed by atoms with Crippen LogP contribution in [0.15, 0.2) is 35.4 Å². The van der Waals surface area contributed by atoms with Crippen molar-refractivity contribution in [1.29, 1.82) is 0 Å². The second kappa shape index (κ2) is 21.3. The first-order chi connectivity index (χ1) is 23.7. The first-order valence-corrected chi connectivity index (χ1v) is 19.9. The number of aliphatic carboxylic acids is 1. The van der Waals surface area contributed by atoms with E-state index in [1.165, 1.54) is 25.3 Å². The molecule has 2 unspecified atom stereocenters. The summed E-state index contributed by atoms with van der Waals surface area (Å²) in [7, 11) is -2.37. The summed E-state index contributed by atoms with van der Waals surface area (Å²) in [5.74, 6) is -1.44. The predicted octanol–water partition coefficient (Wildman–Crippen LogP) is 4.98. The Morgan fingerprint density at radius 1 is 1.08 bits per heavy atom. The van der Waals surface area contributed by atoms with Gasteiger partial charge >= 0.3 is 11.9 Å². The number of ether oxygens (including phenoxy) is 2. The molecule has 1 heterocycles. The maximum Gasteiger partial charge on any atom is 0.341 e. The van der Waals surface area contributed by atoms with Gasteiger partial charge in [0, 0.05) is 17.2 Å². The minimum absolute atomic E-state index is 0.0233. The van der Waals surface area contributed by atoms with Gasteiger partial charge in [0.1, 0.15) is 24.7 Å². The number of rotatable bonds is 9. The molecular weight excluding hydrogens is 777 g/mol. The summed E-state index contributed by atoms with van der Waals surface area (Å²) >= 11 is 17.3. The molecule has 1 aliphatic heterocycles. The van der Waals surface area contributed by atoms with Crippen LogP contribution in [0.2, 0.25) is 15.1 Å². The zero-order valence-electron chi connectivity index (χ0n) is 28.1. The van der Waals surface area contributed by atoms with Gasteiger partial charge in [-0.2, -0.15) is 0 Å². The van der Waals surface area contributed by atoms with Crippen molar-refractivity contribution in [3.63, 3.8) is 0 Å². The van der Waals surface area contributed by atoms with Crippen molar-refractivity contribution in [3.8, 4) is 23.8 Å². The van der Waals surface area contributed by atoms with E-state index in [0.717, 1.165) is 23.8 Å². The normalized spacial score (nSPS) is 15.1. The quantitative estimate of drug-likeness (QED) is 0.115. The fourth-order valence-electron chi connectivity index (χ4n) is 4.20. The Labute approximate surface area is 312 Å². The Morgan fingerprint density at radius 3 is 2.00 bits per heavy atom. The summed E-state index contributed by atoms with van der Waals surface area (Å²) in [4.78, 5) is 64.5. The van der Waals surface area contributed by atoms with Gasteiger partial charge in [-0.15, -0.1) is 6.42 Å². The second-order valence-corrected chi connectivity index (χ2v) is 16.1. The summed E-state index contributed by atoms with van der Waals surface area (Å²) in [5.41, 5.74) is 0.694. The van der Waals surface area contributed by atoms with Crippen molar-refractivity contribution in [3.05, 3.63) is 61.9 Å². The fourth-order valence-corrected chi connectivity index (χ4v) is 5.25. The molecule has 0 aromatic heterocycles. The van der Waals surface area contributed by atoms with Gasteiger partial charge in [-0.1, -0.05) is 40.7 Å². The summed E-state index contributed by atoms with van der Waals surface area (Å²) in [6.07, 6.45) is 13.3. The van der Waals surface area contributed by atoms with Gasteiger partial charge in [0.05, 0.1) is 59.5 Å². The molecule has 51 heavy (non-hydrogen) atoms. The van der Waals surface area contributed by atoms with Crippen molar-refractivity contribution in [2.45, 2.75) is 38.7 Å². The van der Waals surface area contributed by atoms with Crippen LogP contribution in [-0.4, -0.2) is 83.7 Å². The number of imide groups is 1. The lowest BCUT2D eigenvalue weighted by molar-refractivity contribution is -0.193. The van der Waals surface area contributed by atoms with Crippen LogP contribution in [0, 0.1) is 18.2 Å². The SMILES string of the molecule is C#CC(C)Oc1cc(N2C(=O)C3=C(CCCC3)C2=O)c(F)cc1Cl.COc1c(Cl)ccc(Cl)c1C(=O)O.C[S+](C)C.O=C(O)CNCP(=O)([O-])O. The molecule has 4 rings (SSSR count). The number of methoxy groups -OCH3 is 1. The summed E-state index contributed by atoms with van der Waals surface area (Å²) in [6, 6.07) is 5.16. The van der Waals surface area contributed by atoms with Crippen LogP contribution in [0.3, 0.4) is 0 Å². The van der Waals surface area contributed by atoms with Gasteiger partial charge in [0.15, 0.2) is 11.9 Å². The second-order valence-electron chi connectivity index (χ2n) is 10.9. The number of hydrogen-bond donors (Lipinski definition) is 4. The molecule has 0 saturated heterocycles. The molecular formula is C32H37Cl3FN2O11PS. The van der Waals surface area contributed by atoms with E-state index in [2.05, 4.69) is 24.7 Å². The molecule has 4 N–H and O–H groups in total. The minimum Gasteiger partial charge on any atom is -0.778 e. The Hall–Kier alpha value is -3.32. The zero-order chi connectivity index (χ0) is 39.2. The number of carboxylic acid groups (broad SMARTS) is 2. The summed E-state index contributed by atoms with van der Waals surface area (Å²) < 4.78 is 34.6. The van der Waals surface area contributed by atoms with Crippen molar-refractivity contribution in [2.24, 2.45) is 0 Å². The Bertz CT molecular complexity index is 1700. The first-order valence-electron chi connectivity index (χ1n) is 14.6. The Balaban J connectivity index is 0.000000405. The minimum atomic E-state index is -4.35. The molecule has 2 aromatic carbocycles. The third kappa shape index (κ3) is 14.7. The van der Waals surface area contributed by atoms with Crippen LogP contribution in [0.25, 0.3) is 0 Å². The number of aromatic carboxylic acids is 1. The van der Waals surface area contributed by atoms with Crippen LogP contribution in [-0.2, 0) is 29.8 Å². The number of benzene rings is 2. The molecule has 1 aliphatic carbocycles. The highest BCUT2D eigenvalue weighted by Crippen LogP contribution is 2.40. The van der Waals surface area contributed by atoms with Crippen LogP contribution < -0.4 is 24.6 Å². The monoisotopic (exact) mass is 812 g/mol. The number of carbonyl (C=O) groups is 4. The molecule has 0 fully saturated rings. The highest BCUT2D eigenvalue weighted by Gasteiger charge is 2.41. The molecule has 2 aromatic rings. The predicted molar refractivity (Wildman–Crippen MR) is 194 cm³/mol. The lowest BCUT2D eigenvalue weighted by Gasteiger charge is -2.19. The molecule has 0 bridgehead atoms. The molecule has 13 nitrogen and oxygen atoms in total. The third-order valence-electron chi connectivity index (χ3n) is 6.24. The topological polar surface area (TPSA) is 203 Å². The van der Waals surface area contributed by atoms with E-state index in [4.69, 9.17) is 65.8 Å². The van der Waals surface area contributed by atoms with Crippen LogP contribution in [0.1, 0.15) is 43.0 Å². The van der Waals surface area contributed by atoms with E-state index in [-0.39, 0.29) is 37.8 Å². The molecule has 2 aliphatic rings. The molecule has 2 atom stereocenters. The molecule has 0 saturated carbocycles. The van der Waals surface area contributed by atoms with Gasteiger partial charge < -0.3 is 34.0 Å². The first kappa shape index (κ1) is 45.7. The number of nitrogens with zero attached hydrogens (tertiary/aromatic N) is 1. The average Bonchev–Trinajstić information content (AvgIpc) is 3.28. The van der Waals surface area contributed by atoms with Gasteiger partial charge in [0.25, 0.3) is 11.8 Å². The highest BCUT2D eigenvalue weighted by atomic mass is 35.5. The number of halogens is 4. The zero-order valence-corrected chi connectivity index (χ0v) is 32.1. The molecule has 0 radical (unpaired) electrons. The lowest BCUT2D eigenvalue weighted by Crippen LogP contribution is -2.32. The van der Waals surface area contributed by atoms with Crippen molar-refractivity contribution < 1.29 is 57.6 Å². The van der Waals surface area contributed by atoms with E-state index >= 15 is 0 Å². The number of hydrogen-bond acceptors (Lipinski definition) is 9. The third-order valence-corrected chi connectivity index (χ3v) is 7.77. The summed E-state index contributed by atoms with van der Waals surface area (Å²) in [6.45, 7) is 1.15. The van der Waals surface area contributed by atoms with Crippen molar-refractivity contribution in [1.82, 2.24) is 5.32 Å². The number of terminal acetylenes is 1. The number of nitrogens with one attached hydrogen (secondary N) is 1. The van der Waals surface area contributed by atoms with Gasteiger partial charge in [-0.25, -0.2) is 14.1 Å².